The Morgan fingerprint density at radius 1 is 0.933 bits per heavy atom. The second-order valence-electron chi connectivity index (χ2n) is 7.06. The molecule has 1 amide bonds. The molecule has 1 N–H and O–H groups in total. The van der Waals surface area contributed by atoms with Crippen LogP contribution in [0.4, 0.5) is 11.5 Å². The summed E-state index contributed by atoms with van der Waals surface area (Å²) in [5.74, 6) is 2.05. The lowest BCUT2D eigenvalue weighted by Crippen LogP contribution is -2.20. The highest BCUT2D eigenvalue weighted by atomic mass is 16.5. The number of hydrogen-bond acceptors (Lipinski definition) is 6. The van der Waals surface area contributed by atoms with Crippen molar-refractivity contribution in [3.63, 3.8) is 0 Å². The van der Waals surface area contributed by atoms with Crippen molar-refractivity contribution in [1.82, 2.24) is 10.2 Å². The van der Waals surface area contributed by atoms with Gasteiger partial charge in [-0.3, -0.25) is 4.79 Å². The summed E-state index contributed by atoms with van der Waals surface area (Å²) < 4.78 is 10.6. The van der Waals surface area contributed by atoms with Gasteiger partial charge >= 0.3 is 0 Å². The van der Waals surface area contributed by atoms with E-state index in [9.17, 15) is 4.79 Å². The van der Waals surface area contributed by atoms with Crippen molar-refractivity contribution in [2.45, 2.75) is 12.8 Å². The van der Waals surface area contributed by atoms with Gasteiger partial charge in [0.2, 0.25) is 0 Å². The van der Waals surface area contributed by atoms with E-state index in [1.807, 2.05) is 36.4 Å². The van der Waals surface area contributed by atoms with Crippen molar-refractivity contribution in [2.75, 3.05) is 37.0 Å². The minimum atomic E-state index is -0.228. The lowest BCUT2D eigenvalue weighted by Gasteiger charge is -2.15. The molecule has 0 unspecified atom stereocenters. The van der Waals surface area contributed by atoms with E-state index < -0.39 is 0 Å². The second kappa shape index (κ2) is 9.26. The summed E-state index contributed by atoms with van der Waals surface area (Å²) in [5.41, 5.74) is 2.45. The molecule has 0 aliphatic carbocycles. The van der Waals surface area contributed by atoms with Crippen LogP contribution in [0.1, 0.15) is 12.8 Å². The van der Waals surface area contributed by atoms with Crippen molar-refractivity contribution in [1.29, 1.82) is 0 Å². The number of anilines is 2. The van der Waals surface area contributed by atoms with Crippen LogP contribution in [0.15, 0.2) is 60.7 Å². The third-order valence-electron chi connectivity index (χ3n) is 4.97. The van der Waals surface area contributed by atoms with Gasteiger partial charge in [0.25, 0.3) is 5.91 Å². The predicted octanol–water partition coefficient (Wildman–Crippen LogP) is 3.77. The second-order valence-corrected chi connectivity index (χ2v) is 7.06. The molecular formula is C23H24N4O3. The molecule has 1 aliphatic heterocycles. The molecule has 0 atom stereocenters. The minimum Gasteiger partial charge on any atom is -0.497 e. The first-order chi connectivity index (χ1) is 14.7. The number of hydrogen-bond donors (Lipinski definition) is 1. The molecular weight excluding hydrogens is 380 g/mol. The van der Waals surface area contributed by atoms with Gasteiger partial charge in [0, 0.05) is 24.3 Å². The maximum Gasteiger partial charge on any atom is 0.262 e. The van der Waals surface area contributed by atoms with E-state index in [2.05, 4.69) is 20.4 Å². The molecule has 1 saturated heterocycles. The van der Waals surface area contributed by atoms with Crippen LogP contribution < -0.4 is 19.7 Å². The Morgan fingerprint density at radius 3 is 2.27 bits per heavy atom. The molecule has 7 nitrogen and oxygen atoms in total. The fourth-order valence-corrected chi connectivity index (χ4v) is 3.34. The molecule has 2 aromatic carbocycles. The van der Waals surface area contributed by atoms with Crippen molar-refractivity contribution in [2.24, 2.45) is 0 Å². The fourth-order valence-electron chi connectivity index (χ4n) is 3.34. The molecule has 1 aromatic heterocycles. The summed E-state index contributed by atoms with van der Waals surface area (Å²) in [5, 5.41) is 11.5. The summed E-state index contributed by atoms with van der Waals surface area (Å²) in [6.45, 7) is 2.02. The molecule has 30 heavy (non-hydrogen) atoms. The third-order valence-corrected chi connectivity index (χ3v) is 4.97. The van der Waals surface area contributed by atoms with Crippen LogP contribution in [0, 0.1) is 0 Å². The van der Waals surface area contributed by atoms with E-state index in [0.717, 1.165) is 35.9 Å². The molecule has 7 heteroatoms. The summed E-state index contributed by atoms with van der Waals surface area (Å²) in [6, 6.07) is 18.6. The minimum absolute atomic E-state index is 0.0719. The van der Waals surface area contributed by atoms with Gasteiger partial charge < -0.3 is 19.7 Å². The summed E-state index contributed by atoms with van der Waals surface area (Å²) in [6.07, 6.45) is 2.42. The monoisotopic (exact) mass is 404 g/mol. The van der Waals surface area contributed by atoms with Gasteiger partial charge in [0.15, 0.2) is 12.4 Å². The Bertz CT molecular complexity index is 967. The number of amides is 1. The molecule has 3 aromatic rings. The van der Waals surface area contributed by atoms with Crippen LogP contribution in [0.5, 0.6) is 11.5 Å². The topological polar surface area (TPSA) is 76.6 Å². The van der Waals surface area contributed by atoms with E-state index in [4.69, 9.17) is 9.47 Å². The lowest BCUT2D eigenvalue weighted by molar-refractivity contribution is -0.118. The average Bonchev–Trinajstić information content (AvgIpc) is 3.34. The summed E-state index contributed by atoms with van der Waals surface area (Å²) in [4.78, 5) is 14.4. The number of ether oxygens (including phenoxy) is 2. The summed E-state index contributed by atoms with van der Waals surface area (Å²) in [7, 11) is 1.60. The number of methoxy groups -OCH3 is 1. The Morgan fingerprint density at radius 2 is 1.63 bits per heavy atom. The van der Waals surface area contributed by atoms with Crippen LogP contribution in [0.25, 0.3) is 11.3 Å². The average molecular weight is 404 g/mol. The Labute approximate surface area is 175 Å². The Hall–Kier alpha value is -3.61. The Balaban J connectivity index is 1.31. The highest BCUT2D eigenvalue weighted by molar-refractivity contribution is 5.92. The van der Waals surface area contributed by atoms with Gasteiger partial charge in [-0.25, -0.2) is 0 Å². The van der Waals surface area contributed by atoms with E-state index in [0.29, 0.717) is 11.4 Å². The van der Waals surface area contributed by atoms with E-state index in [1.165, 1.54) is 12.8 Å². The van der Waals surface area contributed by atoms with Crippen molar-refractivity contribution < 1.29 is 14.3 Å². The molecule has 2 heterocycles. The van der Waals surface area contributed by atoms with Gasteiger partial charge in [-0.05, 0) is 61.4 Å². The van der Waals surface area contributed by atoms with Crippen molar-refractivity contribution in [3.05, 3.63) is 60.7 Å². The van der Waals surface area contributed by atoms with Crippen molar-refractivity contribution >= 4 is 17.4 Å². The maximum atomic E-state index is 12.1. The maximum absolute atomic E-state index is 12.1. The van der Waals surface area contributed by atoms with Gasteiger partial charge in [-0.2, -0.15) is 0 Å². The smallest absolute Gasteiger partial charge is 0.262 e. The van der Waals surface area contributed by atoms with Crippen LogP contribution in [0.2, 0.25) is 0 Å². The van der Waals surface area contributed by atoms with Crippen LogP contribution in [-0.4, -0.2) is 42.9 Å². The zero-order chi connectivity index (χ0) is 20.8. The van der Waals surface area contributed by atoms with Gasteiger partial charge in [0.1, 0.15) is 11.5 Å². The predicted molar refractivity (Wildman–Crippen MR) is 116 cm³/mol. The number of carbonyl (C=O) groups excluding carboxylic acids is 1. The number of nitrogens with zero attached hydrogens (tertiary/aromatic N) is 3. The number of rotatable bonds is 7. The standard InChI is InChI=1S/C23H24N4O3/c1-29-19-8-10-20(11-9-19)30-16-23(28)24-18-6-4-17(5-7-18)21-12-13-22(26-25-21)27-14-2-3-15-27/h4-13H,2-3,14-16H2,1H3,(H,24,28). The summed E-state index contributed by atoms with van der Waals surface area (Å²) >= 11 is 0. The number of aromatic nitrogens is 2. The van der Waals surface area contributed by atoms with Gasteiger partial charge in [0.05, 0.1) is 12.8 Å². The van der Waals surface area contributed by atoms with Crippen LogP contribution >= 0.6 is 0 Å². The van der Waals surface area contributed by atoms with E-state index in [1.54, 1.807) is 31.4 Å². The van der Waals surface area contributed by atoms with E-state index >= 15 is 0 Å². The Kier molecular flexibility index (Phi) is 6.08. The molecule has 0 radical (unpaired) electrons. The molecule has 1 aliphatic rings. The molecule has 0 bridgehead atoms. The van der Waals surface area contributed by atoms with Gasteiger partial charge in [-0.15, -0.1) is 10.2 Å². The van der Waals surface area contributed by atoms with E-state index in [-0.39, 0.29) is 12.5 Å². The first kappa shape index (κ1) is 19.7. The highest BCUT2D eigenvalue weighted by Crippen LogP contribution is 2.22. The zero-order valence-corrected chi connectivity index (χ0v) is 16.9. The molecule has 0 saturated carbocycles. The number of nitrogens with one attached hydrogen (secondary N) is 1. The van der Waals surface area contributed by atoms with Crippen molar-refractivity contribution in [3.8, 4) is 22.8 Å². The SMILES string of the molecule is COc1ccc(OCC(=O)Nc2ccc(-c3ccc(N4CCCC4)nn3)cc2)cc1. The third kappa shape index (κ3) is 4.86. The largest absolute Gasteiger partial charge is 0.497 e. The molecule has 154 valence electrons. The van der Waals surface area contributed by atoms with Crippen LogP contribution in [0.3, 0.4) is 0 Å². The quantitative estimate of drug-likeness (QED) is 0.646. The number of carbonyl (C=O) groups is 1. The first-order valence-corrected chi connectivity index (χ1v) is 9.97. The highest BCUT2D eigenvalue weighted by Gasteiger charge is 2.14. The molecule has 0 spiro atoms. The zero-order valence-electron chi connectivity index (χ0n) is 16.9. The number of benzene rings is 2. The normalized spacial score (nSPS) is 13.2. The lowest BCUT2D eigenvalue weighted by atomic mass is 10.1. The first-order valence-electron chi connectivity index (χ1n) is 9.97. The molecule has 1 fully saturated rings. The molecule has 4 rings (SSSR count). The van der Waals surface area contributed by atoms with Gasteiger partial charge in [-0.1, -0.05) is 12.1 Å². The van der Waals surface area contributed by atoms with Crippen LogP contribution in [-0.2, 0) is 4.79 Å². The fraction of sp³-hybridized carbons (Fsp3) is 0.261.